The quantitative estimate of drug-likeness (QED) is 0.728. The van der Waals surface area contributed by atoms with Crippen molar-refractivity contribution >= 4 is 17.8 Å². The summed E-state index contributed by atoms with van der Waals surface area (Å²) in [6.07, 6.45) is 0.575. The summed E-state index contributed by atoms with van der Waals surface area (Å²) in [5.41, 5.74) is 3.85. The van der Waals surface area contributed by atoms with Crippen LogP contribution in [0.15, 0.2) is 42.5 Å². The van der Waals surface area contributed by atoms with Crippen molar-refractivity contribution in [2.24, 2.45) is 0 Å². The van der Waals surface area contributed by atoms with Crippen LogP contribution in [0.1, 0.15) is 41.8 Å². The van der Waals surface area contributed by atoms with E-state index >= 15 is 0 Å². The van der Waals surface area contributed by atoms with Crippen LogP contribution < -0.4 is 0 Å². The monoisotopic (exact) mass is 421 g/mol. The SMILES string of the molecule is CN1C(=O)N(Cc2ccc(-c3ccc4c(c3)CN(CCCO)C4=O)cc2)C(C)(C)C1=O. The molecular formula is C24H27N3O4. The number of aliphatic hydroxyl groups excluding tert-OH is 1. The van der Waals surface area contributed by atoms with Crippen molar-refractivity contribution in [3.8, 4) is 11.1 Å². The van der Waals surface area contributed by atoms with E-state index in [2.05, 4.69) is 0 Å². The molecule has 0 bridgehead atoms. The average Bonchev–Trinajstić information content (AvgIpc) is 3.15. The molecule has 2 aliphatic rings. The third-order valence-corrected chi connectivity index (χ3v) is 6.22. The van der Waals surface area contributed by atoms with Gasteiger partial charge in [-0.1, -0.05) is 30.3 Å². The van der Waals surface area contributed by atoms with E-state index in [4.69, 9.17) is 5.11 Å². The molecule has 1 saturated heterocycles. The van der Waals surface area contributed by atoms with Gasteiger partial charge in [0.15, 0.2) is 0 Å². The summed E-state index contributed by atoms with van der Waals surface area (Å²) in [5, 5.41) is 9.03. The summed E-state index contributed by atoms with van der Waals surface area (Å²) < 4.78 is 0. The largest absolute Gasteiger partial charge is 0.396 e. The molecule has 0 aliphatic carbocycles. The van der Waals surface area contributed by atoms with Crippen LogP contribution >= 0.6 is 0 Å². The maximum Gasteiger partial charge on any atom is 0.327 e. The molecule has 0 radical (unpaired) electrons. The first-order valence-electron chi connectivity index (χ1n) is 10.5. The average molecular weight is 421 g/mol. The molecule has 1 N–H and O–H groups in total. The molecule has 2 aromatic rings. The van der Waals surface area contributed by atoms with Gasteiger partial charge in [0.2, 0.25) is 0 Å². The van der Waals surface area contributed by atoms with E-state index in [1.54, 1.807) is 23.6 Å². The maximum absolute atomic E-state index is 12.5. The number of fused-ring (bicyclic) bond motifs is 1. The van der Waals surface area contributed by atoms with Crippen LogP contribution in [0.4, 0.5) is 4.79 Å². The second-order valence-electron chi connectivity index (χ2n) is 8.66. The number of nitrogens with zero attached hydrogens (tertiary/aromatic N) is 3. The summed E-state index contributed by atoms with van der Waals surface area (Å²) in [5.74, 6) is -0.183. The van der Waals surface area contributed by atoms with Crippen LogP contribution in [0.25, 0.3) is 11.1 Å². The fourth-order valence-electron chi connectivity index (χ4n) is 4.29. The van der Waals surface area contributed by atoms with Crippen LogP contribution in [0, 0.1) is 0 Å². The molecular weight excluding hydrogens is 394 g/mol. The van der Waals surface area contributed by atoms with Crippen molar-refractivity contribution in [1.82, 2.24) is 14.7 Å². The first-order chi connectivity index (χ1) is 14.7. The third-order valence-electron chi connectivity index (χ3n) is 6.22. The Bertz CT molecular complexity index is 1050. The number of aliphatic hydroxyl groups is 1. The summed E-state index contributed by atoms with van der Waals surface area (Å²) >= 11 is 0. The normalized spacial score (nSPS) is 17.7. The van der Waals surface area contributed by atoms with E-state index in [0.717, 1.165) is 27.8 Å². The van der Waals surface area contributed by atoms with Gasteiger partial charge in [-0.15, -0.1) is 0 Å². The maximum atomic E-state index is 12.5. The number of carbonyl (C=O) groups excluding carboxylic acids is 3. The zero-order chi connectivity index (χ0) is 22.3. The van der Waals surface area contributed by atoms with Crippen LogP contribution in [-0.2, 0) is 17.9 Å². The molecule has 2 heterocycles. The van der Waals surface area contributed by atoms with E-state index < -0.39 is 5.54 Å². The molecule has 7 nitrogen and oxygen atoms in total. The number of benzene rings is 2. The van der Waals surface area contributed by atoms with Crippen LogP contribution in [0.5, 0.6) is 0 Å². The molecule has 7 heteroatoms. The molecule has 0 aromatic heterocycles. The first kappa shape index (κ1) is 21.1. The third kappa shape index (κ3) is 3.59. The number of carbonyl (C=O) groups is 3. The van der Waals surface area contributed by atoms with Crippen LogP contribution in [0.2, 0.25) is 0 Å². The van der Waals surface area contributed by atoms with Gasteiger partial charge in [-0.2, -0.15) is 0 Å². The number of urea groups is 1. The summed E-state index contributed by atoms with van der Waals surface area (Å²) in [6, 6.07) is 13.5. The highest BCUT2D eigenvalue weighted by Crippen LogP contribution is 2.31. The minimum Gasteiger partial charge on any atom is -0.396 e. The predicted octanol–water partition coefficient (Wildman–Crippen LogP) is 2.86. The molecule has 0 spiro atoms. The number of amides is 4. The fourth-order valence-corrected chi connectivity index (χ4v) is 4.29. The molecule has 1 fully saturated rings. The Balaban J connectivity index is 1.51. The fraction of sp³-hybridized carbons (Fsp3) is 0.375. The summed E-state index contributed by atoms with van der Waals surface area (Å²) in [6.45, 7) is 5.08. The molecule has 4 amide bonds. The van der Waals surface area contributed by atoms with E-state index in [1.165, 1.54) is 11.9 Å². The Labute approximate surface area is 181 Å². The second-order valence-corrected chi connectivity index (χ2v) is 8.66. The van der Waals surface area contributed by atoms with Gasteiger partial charge in [-0.3, -0.25) is 14.5 Å². The van der Waals surface area contributed by atoms with Gasteiger partial charge in [0.05, 0.1) is 0 Å². The molecule has 0 saturated carbocycles. The van der Waals surface area contributed by atoms with Gasteiger partial charge in [0.1, 0.15) is 5.54 Å². The highest BCUT2D eigenvalue weighted by atomic mass is 16.3. The number of rotatable bonds is 6. The van der Waals surface area contributed by atoms with Crippen molar-refractivity contribution < 1.29 is 19.5 Å². The van der Waals surface area contributed by atoms with Gasteiger partial charge in [-0.05, 0) is 54.7 Å². The summed E-state index contributed by atoms with van der Waals surface area (Å²) in [4.78, 5) is 41.7. The molecule has 4 rings (SSSR count). The molecule has 162 valence electrons. The lowest BCUT2D eigenvalue weighted by Gasteiger charge is -2.27. The minimum absolute atomic E-state index is 0.0164. The Hall–Kier alpha value is -3.19. The highest BCUT2D eigenvalue weighted by Gasteiger charge is 2.49. The lowest BCUT2D eigenvalue weighted by molar-refractivity contribution is -0.131. The lowest BCUT2D eigenvalue weighted by Crippen LogP contribution is -2.43. The van der Waals surface area contributed by atoms with E-state index in [-0.39, 0.29) is 24.5 Å². The zero-order valence-corrected chi connectivity index (χ0v) is 18.1. The number of hydrogen-bond donors (Lipinski definition) is 1. The Morgan fingerprint density at radius 1 is 1.00 bits per heavy atom. The van der Waals surface area contributed by atoms with Crippen LogP contribution in [0.3, 0.4) is 0 Å². The number of imide groups is 1. The van der Waals surface area contributed by atoms with E-state index in [0.29, 0.717) is 26.1 Å². The van der Waals surface area contributed by atoms with Gasteiger partial charge in [0.25, 0.3) is 11.8 Å². The van der Waals surface area contributed by atoms with E-state index in [9.17, 15) is 14.4 Å². The standard InChI is InChI=1S/C24H27N3O4/c1-24(2)22(30)25(3)23(31)27(24)14-16-5-7-17(8-6-16)18-9-10-20-19(13-18)15-26(21(20)29)11-4-12-28/h5-10,13,28H,4,11-12,14-15H2,1-3H3. The van der Waals surface area contributed by atoms with Crippen LogP contribution in [-0.4, -0.2) is 63.4 Å². The molecule has 0 unspecified atom stereocenters. The number of likely N-dealkylation sites (N-methyl/N-ethyl adjacent to an activating group) is 1. The van der Waals surface area contributed by atoms with Gasteiger partial charge in [0, 0.05) is 38.9 Å². The Morgan fingerprint density at radius 2 is 1.68 bits per heavy atom. The first-order valence-corrected chi connectivity index (χ1v) is 10.5. The highest BCUT2D eigenvalue weighted by molar-refractivity contribution is 6.06. The van der Waals surface area contributed by atoms with Crippen molar-refractivity contribution in [2.45, 2.75) is 38.9 Å². The molecule has 0 atom stereocenters. The smallest absolute Gasteiger partial charge is 0.327 e. The van der Waals surface area contributed by atoms with Gasteiger partial charge in [-0.25, -0.2) is 4.79 Å². The van der Waals surface area contributed by atoms with Crippen molar-refractivity contribution in [2.75, 3.05) is 20.2 Å². The molecule has 31 heavy (non-hydrogen) atoms. The zero-order valence-electron chi connectivity index (χ0n) is 18.1. The van der Waals surface area contributed by atoms with E-state index in [1.807, 2.05) is 42.5 Å². The summed E-state index contributed by atoms with van der Waals surface area (Å²) in [7, 11) is 1.51. The molecule has 2 aliphatic heterocycles. The Morgan fingerprint density at radius 3 is 2.29 bits per heavy atom. The van der Waals surface area contributed by atoms with Crippen molar-refractivity contribution in [3.63, 3.8) is 0 Å². The Kier molecular flexibility index (Phi) is 5.31. The molecule has 2 aromatic carbocycles. The van der Waals surface area contributed by atoms with Crippen molar-refractivity contribution in [1.29, 1.82) is 0 Å². The number of hydrogen-bond acceptors (Lipinski definition) is 4. The van der Waals surface area contributed by atoms with Gasteiger partial charge < -0.3 is 14.9 Å². The lowest BCUT2D eigenvalue weighted by atomic mass is 9.99. The minimum atomic E-state index is -0.862. The van der Waals surface area contributed by atoms with Gasteiger partial charge >= 0.3 is 6.03 Å². The predicted molar refractivity (Wildman–Crippen MR) is 116 cm³/mol. The van der Waals surface area contributed by atoms with Crippen molar-refractivity contribution in [3.05, 3.63) is 59.2 Å². The topological polar surface area (TPSA) is 81.2 Å². The second kappa shape index (κ2) is 7.81.